The summed E-state index contributed by atoms with van der Waals surface area (Å²) < 4.78 is 64.3. The zero-order valence-electron chi connectivity index (χ0n) is 19.4. The molecule has 0 spiro atoms. The van der Waals surface area contributed by atoms with Crippen LogP contribution in [0.3, 0.4) is 0 Å². The highest BCUT2D eigenvalue weighted by molar-refractivity contribution is 5.86. The normalized spacial score (nSPS) is 24.4. The largest absolute Gasteiger partial charge is 0.379 e. The van der Waals surface area contributed by atoms with E-state index >= 15 is 8.78 Å². The number of nitrogens with zero attached hydrogens (tertiary/aromatic N) is 4. The average molecular weight is 500 g/mol. The van der Waals surface area contributed by atoms with Crippen molar-refractivity contribution in [3.8, 4) is 6.07 Å². The first-order valence-electron chi connectivity index (χ1n) is 11.8. The number of likely N-dealkylation sites (tertiary alicyclic amines) is 1. The fourth-order valence-electron chi connectivity index (χ4n) is 5.02. The fraction of sp³-hybridized carbons (Fsp3) is 0.423. The van der Waals surface area contributed by atoms with Crippen LogP contribution in [0.4, 0.5) is 23.4 Å². The van der Waals surface area contributed by atoms with Gasteiger partial charge in [-0.15, -0.1) is 0 Å². The lowest BCUT2D eigenvalue weighted by Gasteiger charge is -2.38. The molecule has 2 aliphatic heterocycles. The Morgan fingerprint density at radius 2 is 2.06 bits per heavy atom. The number of pyridine rings is 2. The van der Waals surface area contributed by atoms with Gasteiger partial charge in [0.1, 0.15) is 17.8 Å². The maximum Gasteiger partial charge on any atom is 0.268 e. The molecule has 10 heteroatoms. The van der Waals surface area contributed by atoms with Gasteiger partial charge >= 0.3 is 0 Å². The van der Waals surface area contributed by atoms with Crippen LogP contribution in [-0.4, -0.2) is 59.3 Å². The number of hydrogen-bond donors (Lipinski definition) is 1. The summed E-state index contributed by atoms with van der Waals surface area (Å²) in [4.78, 5) is 10.2. The van der Waals surface area contributed by atoms with E-state index in [1.54, 1.807) is 23.2 Å². The Hall–Kier alpha value is -3.29. The summed E-state index contributed by atoms with van der Waals surface area (Å²) in [5, 5.41) is 13.3. The number of ether oxygens (including phenoxy) is 1. The lowest BCUT2D eigenvalue weighted by atomic mass is 9.87. The predicted octanol–water partition coefficient (Wildman–Crippen LogP) is 4.80. The van der Waals surface area contributed by atoms with Gasteiger partial charge in [-0.25, -0.2) is 22.5 Å². The zero-order valence-corrected chi connectivity index (χ0v) is 19.4. The van der Waals surface area contributed by atoms with Gasteiger partial charge in [0.15, 0.2) is 0 Å². The Kier molecular flexibility index (Phi) is 6.77. The lowest BCUT2D eigenvalue weighted by Crippen LogP contribution is -2.47. The summed E-state index contributed by atoms with van der Waals surface area (Å²) in [6.07, 6.45) is 2.42. The van der Waals surface area contributed by atoms with E-state index < -0.39 is 36.4 Å². The summed E-state index contributed by atoms with van der Waals surface area (Å²) in [7, 11) is 0. The smallest absolute Gasteiger partial charge is 0.268 e. The summed E-state index contributed by atoms with van der Waals surface area (Å²) in [6, 6.07) is 8.58. The highest BCUT2D eigenvalue weighted by atomic mass is 19.3. The highest BCUT2D eigenvalue weighted by Gasteiger charge is 2.46. The summed E-state index contributed by atoms with van der Waals surface area (Å²) in [5.41, 5.74) is 0.907. The first-order chi connectivity index (χ1) is 17.3. The van der Waals surface area contributed by atoms with E-state index in [1.165, 1.54) is 18.3 Å². The Morgan fingerprint density at radius 3 is 2.83 bits per heavy atom. The van der Waals surface area contributed by atoms with Crippen molar-refractivity contribution in [2.24, 2.45) is 0 Å². The van der Waals surface area contributed by atoms with Crippen LogP contribution >= 0.6 is 0 Å². The monoisotopic (exact) mass is 499 g/mol. The highest BCUT2D eigenvalue weighted by Crippen LogP contribution is 2.42. The number of piperidine rings is 1. The first kappa shape index (κ1) is 24.4. The van der Waals surface area contributed by atoms with E-state index in [4.69, 9.17) is 10.00 Å². The molecule has 0 aliphatic carbocycles. The number of nitrogens with one attached hydrogen (secondary N) is 1. The Labute approximate surface area is 205 Å². The van der Waals surface area contributed by atoms with Crippen molar-refractivity contribution in [3.05, 3.63) is 65.4 Å². The van der Waals surface area contributed by atoms with E-state index in [0.29, 0.717) is 35.3 Å². The van der Waals surface area contributed by atoms with Crippen molar-refractivity contribution in [2.45, 2.75) is 43.4 Å². The molecule has 1 N–H and O–H groups in total. The number of anilines is 1. The molecular weight excluding hydrogens is 474 g/mol. The van der Waals surface area contributed by atoms with E-state index in [-0.39, 0.29) is 37.3 Å². The fourth-order valence-corrected chi connectivity index (χ4v) is 5.02. The number of rotatable bonds is 5. The third kappa shape index (κ3) is 5.13. The van der Waals surface area contributed by atoms with E-state index in [1.807, 2.05) is 6.07 Å². The van der Waals surface area contributed by atoms with Gasteiger partial charge in [0.25, 0.3) is 5.92 Å². The molecular formula is C26H25F4N5O. The van der Waals surface area contributed by atoms with E-state index in [9.17, 15) is 8.78 Å². The molecule has 1 unspecified atom stereocenters. The maximum absolute atomic E-state index is 15.5. The van der Waals surface area contributed by atoms with Crippen molar-refractivity contribution in [1.29, 1.82) is 5.26 Å². The molecule has 4 heterocycles. The molecule has 188 valence electrons. The van der Waals surface area contributed by atoms with Crippen molar-refractivity contribution >= 4 is 16.6 Å². The van der Waals surface area contributed by atoms with Crippen LogP contribution < -0.4 is 5.32 Å². The second-order valence-corrected chi connectivity index (χ2v) is 9.39. The van der Waals surface area contributed by atoms with Gasteiger partial charge in [0, 0.05) is 42.7 Å². The molecule has 5 rings (SSSR count). The maximum atomic E-state index is 15.5. The van der Waals surface area contributed by atoms with Crippen LogP contribution in [0, 0.1) is 17.1 Å². The van der Waals surface area contributed by atoms with Crippen LogP contribution in [0.2, 0.25) is 0 Å². The molecule has 2 saturated heterocycles. The van der Waals surface area contributed by atoms with Crippen LogP contribution in [-0.2, 0) is 11.3 Å². The average Bonchev–Trinajstić information content (AvgIpc) is 2.84. The molecule has 6 nitrogen and oxygen atoms in total. The third-order valence-electron chi connectivity index (χ3n) is 6.78. The van der Waals surface area contributed by atoms with Gasteiger partial charge in [0.05, 0.1) is 42.4 Å². The molecule has 3 atom stereocenters. The predicted molar refractivity (Wildman–Crippen MR) is 126 cm³/mol. The third-order valence-corrected chi connectivity index (χ3v) is 6.78. The molecule has 2 aliphatic rings. The van der Waals surface area contributed by atoms with Crippen LogP contribution in [0.1, 0.15) is 35.6 Å². The molecule has 3 aromatic rings. The number of hydrogen-bond acceptors (Lipinski definition) is 6. The van der Waals surface area contributed by atoms with Gasteiger partial charge < -0.3 is 10.1 Å². The Balaban J connectivity index is 1.37. The molecule has 0 bridgehead atoms. The van der Waals surface area contributed by atoms with E-state index in [0.717, 1.165) is 6.07 Å². The quantitative estimate of drug-likeness (QED) is 0.509. The van der Waals surface area contributed by atoms with Crippen molar-refractivity contribution in [1.82, 2.24) is 14.9 Å². The molecule has 36 heavy (non-hydrogen) atoms. The summed E-state index contributed by atoms with van der Waals surface area (Å²) in [5.74, 6) is -4.40. The molecule has 0 amide bonds. The van der Waals surface area contributed by atoms with Crippen LogP contribution in [0.5, 0.6) is 0 Å². The molecule has 2 aromatic heterocycles. The second-order valence-electron chi connectivity index (χ2n) is 9.39. The van der Waals surface area contributed by atoms with Crippen LogP contribution in [0.15, 0.2) is 42.7 Å². The Bertz CT molecular complexity index is 1300. The number of alkyl halides is 3. The number of halogens is 4. The number of benzene rings is 1. The van der Waals surface area contributed by atoms with Crippen molar-refractivity contribution in [3.63, 3.8) is 0 Å². The molecule has 0 radical (unpaired) electrons. The topological polar surface area (TPSA) is 74.1 Å². The van der Waals surface area contributed by atoms with Gasteiger partial charge in [0.2, 0.25) is 0 Å². The summed E-state index contributed by atoms with van der Waals surface area (Å²) in [6.45, 7) is 0.524. The molecule has 0 saturated carbocycles. The standard InChI is InChI=1S/C26H25F4N5O/c27-19-8-16(11-31)7-17(9-19)13-35-5-2-21(26(29,30)15-35)25-20-10-24(33-12-18(20)1-4-32-25)34-23-14-36-6-3-22(23)28/h1,4,7-10,12,21-23H,2-3,5-6,13-15H2,(H,33,34)/t21?,22-,23-/m1/s1. The van der Waals surface area contributed by atoms with Gasteiger partial charge in [-0.3, -0.25) is 9.88 Å². The second kappa shape index (κ2) is 9.99. The van der Waals surface area contributed by atoms with E-state index in [2.05, 4.69) is 15.3 Å². The SMILES string of the molecule is N#Cc1cc(F)cc(CN2CCC(c3nccc4cnc(N[C@@H]5COCC[C@H]5F)cc34)C(F)(F)C2)c1. The minimum Gasteiger partial charge on any atom is -0.379 e. The van der Waals surface area contributed by atoms with Crippen molar-refractivity contribution in [2.75, 3.05) is 31.6 Å². The number of nitriles is 1. The Morgan fingerprint density at radius 1 is 1.19 bits per heavy atom. The van der Waals surface area contributed by atoms with Crippen LogP contribution in [0.25, 0.3) is 10.8 Å². The minimum atomic E-state index is -3.09. The summed E-state index contributed by atoms with van der Waals surface area (Å²) >= 11 is 0. The van der Waals surface area contributed by atoms with Crippen molar-refractivity contribution < 1.29 is 22.3 Å². The lowest BCUT2D eigenvalue weighted by molar-refractivity contribution is -0.0854. The molecule has 2 fully saturated rings. The first-order valence-corrected chi connectivity index (χ1v) is 11.8. The van der Waals surface area contributed by atoms with Gasteiger partial charge in [-0.1, -0.05) is 0 Å². The van der Waals surface area contributed by atoms with Gasteiger partial charge in [-0.2, -0.15) is 5.26 Å². The number of aromatic nitrogens is 2. The minimum absolute atomic E-state index is 0.115. The zero-order chi connectivity index (χ0) is 25.3. The van der Waals surface area contributed by atoms with Gasteiger partial charge in [-0.05, 0) is 48.9 Å². The molecule has 1 aromatic carbocycles. The number of fused-ring (bicyclic) bond motifs is 1.